The van der Waals surface area contributed by atoms with Gasteiger partial charge in [-0.15, -0.1) is 0 Å². The van der Waals surface area contributed by atoms with Crippen molar-refractivity contribution in [1.82, 2.24) is 0 Å². The van der Waals surface area contributed by atoms with E-state index in [0.717, 1.165) is 23.5 Å². The number of rotatable bonds is 1. The zero-order chi connectivity index (χ0) is 11.8. The molecule has 1 fully saturated rings. The van der Waals surface area contributed by atoms with Gasteiger partial charge in [-0.25, -0.2) is 0 Å². The molecule has 0 spiro atoms. The number of hydrogen-bond acceptors (Lipinski definition) is 2. The second kappa shape index (κ2) is 4.08. The molecule has 1 aromatic carbocycles. The summed E-state index contributed by atoms with van der Waals surface area (Å²) in [6.07, 6.45) is 0.880. The van der Waals surface area contributed by atoms with E-state index in [-0.39, 0.29) is 5.41 Å². The summed E-state index contributed by atoms with van der Waals surface area (Å²) in [5, 5.41) is 10.5. The maximum absolute atomic E-state index is 10.5. The summed E-state index contributed by atoms with van der Waals surface area (Å²) >= 11 is 1.84. The van der Waals surface area contributed by atoms with Crippen LogP contribution in [0.5, 0.6) is 0 Å². The third-order valence-corrected chi connectivity index (χ3v) is 4.44. The van der Waals surface area contributed by atoms with Gasteiger partial charge in [-0.3, -0.25) is 0 Å². The van der Waals surface area contributed by atoms with Gasteiger partial charge >= 0.3 is 0 Å². The smallest absolute Gasteiger partial charge is 0.0994 e. The van der Waals surface area contributed by atoms with E-state index in [4.69, 9.17) is 0 Å². The van der Waals surface area contributed by atoms with E-state index in [1.54, 1.807) is 0 Å². The van der Waals surface area contributed by atoms with Crippen LogP contribution in [0.1, 0.15) is 38.3 Å². The van der Waals surface area contributed by atoms with Crippen LogP contribution in [-0.4, -0.2) is 16.6 Å². The number of hydrogen-bond donors (Lipinski definition) is 1. The Bertz CT molecular complexity index is 373. The molecule has 2 rings (SSSR count). The molecule has 1 heterocycles. The van der Waals surface area contributed by atoms with Crippen LogP contribution in [0.25, 0.3) is 0 Å². The Morgan fingerprint density at radius 1 is 1.31 bits per heavy atom. The van der Waals surface area contributed by atoms with Crippen LogP contribution in [0.2, 0.25) is 0 Å². The van der Waals surface area contributed by atoms with Crippen LogP contribution < -0.4 is 0 Å². The Labute approximate surface area is 102 Å². The highest BCUT2D eigenvalue weighted by atomic mass is 32.2. The lowest BCUT2D eigenvalue weighted by atomic mass is 9.83. The second-order valence-corrected chi connectivity index (χ2v) is 6.77. The van der Waals surface area contributed by atoms with E-state index in [1.807, 2.05) is 11.8 Å². The first-order chi connectivity index (χ1) is 7.42. The maximum Gasteiger partial charge on any atom is 0.0994 e. The van der Waals surface area contributed by atoms with Crippen molar-refractivity contribution in [3.63, 3.8) is 0 Å². The molecule has 0 saturated carbocycles. The third kappa shape index (κ3) is 2.28. The Morgan fingerprint density at radius 2 is 2.06 bits per heavy atom. The molecular weight excluding hydrogens is 216 g/mol. The van der Waals surface area contributed by atoms with Crippen molar-refractivity contribution in [2.24, 2.45) is 0 Å². The highest BCUT2D eigenvalue weighted by Crippen LogP contribution is 2.37. The predicted molar refractivity (Wildman–Crippen MR) is 71.0 cm³/mol. The van der Waals surface area contributed by atoms with Gasteiger partial charge < -0.3 is 5.11 Å². The summed E-state index contributed by atoms with van der Waals surface area (Å²) in [4.78, 5) is 0. The SMILES string of the molecule is CC(C)(C)c1cccc(C2(O)CCSC2)c1. The van der Waals surface area contributed by atoms with E-state index in [0.29, 0.717) is 0 Å². The van der Waals surface area contributed by atoms with Crippen LogP contribution >= 0.6 is 11.8 Å². The monoisotopic (exact) mass is 236 g/mol. The first kappa shape index (κ1) is 12.0. The number of aliphatic hydroxyl groups is 1. The molecule has 1 aromatic rings. The highest BCUT2D eigenvalue weighted by molar-refractivity contribution is 7.99. The van der Waals surface area contributed by atoms with Gasteiger partial charge in [0.25, 0.3) is 0 Å². The first-order valence-electron chi connectivity index (χ1n) is 5.83. The Hall–Kier alpha value is -0.470. The third-order valence-electron chi connectivity index (χ3n) is 3.27. The molecule has 1 aliphatic rings. The van der Waals surface area contributed by atoms with E-state index >= 15 is 0 Å². The average Bonchev–Trinajstić information content (AvgIpc) is 2.66. The lowest BCUT2D eigenvalue weighted by molar-refractivity contribution is 0.0656. The topological polar surface area (TPSA) is 20.2 Å². The molecule has 1 saturated heterocycles. The molecule has 0 radical (unpaired) electrons. The molecule has 1 nitrogen and oxygen atoms in total. The standard InChI is InChI=1S/C14H20OS/c1-13(2,3)11-5-4-6-12(9-11)14(15)7-8-16-10-14/h4-6,9,15H,7-8,10H2,1-3H3. The Morgan fingerprint density at radius 3 is 2.62 bits per heavy atom. The van der Waals surface area contributed by atoms with Gasteiger partial charge in [0.2, 0.25) is 0 Å². The van der Waals surface area contributed by atoms with E-state index in [2.05, 4.69) is 45.0 Å². The summed E-state index contributed by atoms with van der Waals surface area (Å²) in [6.45, 7) is 6.62. The first-order valence-corrected chi connectivity index (χ1v) is 6.98. The molecule has 16 heavy (non-hydrogen) atoms. The molecule has 0 aliphatic carbocycles. The van der Waals surface area contributed by atoms with Crippen molar-refractivity contribution in [1.29, 1.82) is 0 Å². The van der Waals surface area contributed by atoms with Gasteiger partial charge in [-0.2, -0.15) is 11.8 Å². The van der Waals surface area contributed by atoms with E-state index in [1.165, 1.54) is 5.56 Å². The molecule has 1 atom stereocenters. The van der Waals surface area contributed by atoms with Crippen LogP contribution in [-0.2, 0) is 11.0 Å². The fraction of sp³-hybridized carbons (Fsp3) is 0.571. The van der Waals surface area contributed by atoms with Crippen LogP contribution in [0.3, 0.4) is 0 Å². The van der Waals surface area contributed by atoms with Gasteiger partial charge in [-0.05, 0) is 28.7 Å². The molecular formula is C14H20OS. The fourth-order valence-electron chi connectivity index (χ4n) is 2.06. The van der Waals surface area contributed by atoms with Crippen LogP contribution in [0, 0.1) is 0 Å². The van der Waals surface area contributed by atoms with Crippen LogP contribution in [0.15, 0.2) is 24.3 Å². The zero-order valence-corrected chi connectivity index (χ0v) is 11.1. The van der Waals surface area contributed by atoms with E-state index < -0.39 is 5.60 Å². The zero-order valence-electron chi connectivity index (χ0n) is 10.3. The van der Waals surface area contributed by atoms with E-state index in [9.17, 15) is 5.11 Å². The number of benzene rings is 1. The van der Waals surface area contributed by atoms with Crippen molar-refractivity contribution in [2.75, 3.05) is 11.5 Å². The Balaban J connectivity index is 2.36. The summed E-state index contributed by atoms with van der Waals surface area (Å²) in [5.74, 6) is 1.90. The molecule has 88 valence electrons. The molecule has 1 aliphatic heterocycles. The quantitative estimate of drug-likeness (QED) is 0.807. The normalized spacial score (nSPS) is 26.0. The van der Waals surface area contributed by atoms with Crippen molar-refractivity contribution < 1.29 is 5.11 Å². The van der Waals surface area contributed by atoms with Gasteiger partial charge in [0.05, 0.1) is 5.60 Å². The minimum atomic E-state index is -0.591. The van der Waals surface area contributed by atoms with Gasteiger partial charge in [0.15, 0.2) is 0 Å². The predicted octanol–water partition coefficient (Wildman–Crippen LogP) is 3.31. The van der Waals surface area contributed by atoms with Crippen molar-refractivity contribution in [3.05, 3.63) is 35.4 Å². The molecule has 1 N–H and O–H groups in total. The lowest BCUT2D eigenvalue weighted by Crippen LogP contribution is -2.25. The van der Waals surface area contributed by atoms with Crippen molar-refractivity contribution >= 4 is 11.8 Å². The fourth-order valence-corrected chi connectivity index (χ4v) is 3.33. The van der Waals surface area contributed by atoms with Crippen molar-refractivity contribution in [2.45, 2.75) is 38.2 Å². The highest BCUT2D eigenvalue weighted by Gasteiger charge is 2.34. The minimum Gasteiger partial charge on any atom is -0.384 e. The Kier molecular flexibility index (Phi) is 3.06. The summed E-state index contributed by atoms with van der Waals surface area (Å²) in [5.41, 5.74) is 1.95. The minimum absolute atomic E-state index is 0.151. The maximum atomic E-state index is 10.5. The molecule has 0 amide bonds. The largest absolute Gasteiger partial charge is 0.384 e. The summed E-state index contributed by atoms with van der Waals surface area (Å²) in [6, 6.07) is 8.44. The van der Waals surface area contributed by atoms with Crippen LogP contribution in [0.4, 0.5) is 0 Å². The molecule has 0 bridgehead atoms. The van der Waals surface area contributed by atoms with Gasteiger partial charge in [-0.1, -0.05) is 45.0 Å². The lowest BCUT2D eigenvalue weighted by Gasteiger charge is -2.25. The number of thioether (sulfide) groups is 1. The average molecular weight is 236 g/mol. The van der Waals surface area contributed by atoms with Gasteiger partial charge in [0, 0.05) is 5.75 Å². The summed E-state index contributed by atoms with van der Waals surface area (Å²) in [7, 11) is 0. The second-order valence-electron chi connectivity index (χ2n) is 5.66. The molecule has 1 unspecified atom stereocenters. The van der Waals surface area contributed by atoms with Gasteiger partial charge in [0.1, 0.15) is 0 Å². The summed E-state index contributed by atoms with van der Waals surface area (Å²) < 4.78 is 0. The van der Waals surface area contributed by atoms with Crippen molar-refractivity contribution in [3.8, 4) is 0 Å². The molecule has 0 aromatic heterocycles. The molecule has 2 heteroatoms.